The van der Waals surface area contributed by atoms with Crippen LogP contribution in [0.25, 0.3) is 11.3 Å². The van der Waals surface area contributed by atoms with Crippen LogP contribution in [0.5, 0.6) is 0 Å². The molecule has 2 aromatic heterocycles. The lowest BCUT2D eigenvalue weighted by Gasteiger charge is -2.21. The smallest absolute Gasteiger partial charge is 0.341 e. The summed E-state index contributed by atoms with van der Waals surface area (Å²) in [5, 5.41) is 22.8. The number of anilines is 1. The number of carboxylic acids is 1. The molecular formula is C16H18N6O2. The van der Waals surface area contributed by atoms with E-state index >= 15 is 0 Å². The maximum atomic E-state index is 11.4. The Labute approximate surface area is 139 Å². The Kier molecular flexibility index (Phi) is 4.42. The molecule has 0 spiro atoms. The molecular weight excluding hydrogens is 308 g/mol. The summed E-state index contributed by atoms with van der Waals surface area (Å²) in [6, 6.07) is 2.23. The second kappa shape index (κ2) is 6.66. The van der Waals surface area contributed by atoms with Gasteiger partial charge in [-0.3, -0.25) is 4.68 Å². The SMILES string of the molecule is N#CC[C@H](C1CCCC1)n1cc(-c2ncnc(N)c2C(=O)O)cn1. The molecule has 0 radical (unpaired) electrons. The number of nitriles is 1. The van der Waals surface area contributed by atoms with Crippen LogP contribution in [0.1, 0.15) is 48.5 Å². The zero-order valence-electron chi connectivity index (χ0n) is 13.1. The number of nitrogens with zero attached hydrogens (tertiary/aromatic N) is 5. The summed E-state index contributed by atoms with van der Waals surface area (Å²) in [7, 11) is 0. The molecule has 0 aromatic carbocycles. The van der Waals surface area contributed by atoms with Gasteiger partial charge in [-0.2, -0.15) is 10.4 Å². The van der Waals surface area contributed by atoms with Crippen molar-refractivity contribution in [3.05, 3.63) is 24.3 Å². The average Bonchev–Trinajstić information content (AvgIpc) is 3.24. The molecule has 8 nitrogen and oxygen atoms in total. The Morgan fingerprint density at radius 1 is 1.46 bits per heavy atom. The highest BCUT2D eigenvalue weighted by Gasteiger charge is 2.27. The number of hydrogen-bond acceptors (Lipinski definition) is 6. The van der Waals surface area contributed by atoms with Crippen LogP contribution in [0, 0.1) is 17.2 Å². The minimum Gasteiger partial charge on any atom is -0.477 e. The molecule has 1 atom stereocenters. The van der Waals surface area contributed by atoms with Crippen LogP contribution in [0.15, 0.2) is 18.7 Å². The number of hydrogen-bond donors (Lipinski definition) is 2. The van der Waals surface area contributed by atoms with Crippen LogP contribution < -0.4 is 5.73 Å². The first-order valence-electron chi connectivity index (χ1n) is 7.87. The fourth-order valence-corrected chi connectivity index (χ4v) is 3.38. The van der Waals surface area contributed by atoms with E-state index in [-0.39, 0.29) is 23.1 Å². The minimum absolute atomic E-state index is 0.00119. The van der Waals surface area contributed by atoms with Crippen LogP contribution in [0.2, 0.25) is 0 Å². The molecule has 0 bridgehead atoms. The third kappa shape index (κ3) is 2.93. The van der Waals surface area contributed by atoms with Gasteiger partial charge in [-0.05, 0) is 18.8 Å². The molecule has 8 heteroatoms. The lowest BCUT2D eigenvalue weighted by molar-refractivity contribution is 0.0698. The molecule has 1 saturated carbocycles. The molecule has 0 amide bonds. The van der Waals surface area contributed by atoms with Crippen molar-refractivity contribution in [1.29, 1.82) is 5.26 Å². The van der Waals surface area contributed by atoms with Crippen LogP contribution in [-0.4, -0.2) is 30.8 Å². The van der Waals surface area contributed by atoms with Gasteiger partial charge in [0.2, 0.25) is 0 Å². The number of rotatable bonds is 5. The summed E-state index contributed by atoms with van der Waals surface area (Å²) in [5.74, 6) is -0.836. The quantitative estimate of drug-likeness (QED) is 0.861. The highest BCUT2D eigenvalue weighted by Crippen LogP contribution is 2.36. The molecule has 0 aliphatic heterocycles. The van der Waals surface area contributed by atoms with Crippen LogP contribution in [-0.2, 0) is 0 Å². The largest absolute Gasteiger partial charge is 0.477 e. The van der Waals surface area contributed by atoms with Gasteiger partial charge in [-0.25, -0.2) is 14.8 Å². The molecule has 2 aromatic rings. The normalized spacial score (nSPS) is 16.0. The first kappa shape index (κ1) is 15.9. The maximum Gasteiger partial charge on any atom is 0.341 e. The number of aromatic nitrogens is 4. The number of aromatic carboxylic acids is 1. The van der Waals surface area contributed by atoms with Gasteiger partial charge >= 0.3 is 5.97 Å². The monoisotopic (exact) mass is 326 g/mol. The van der Waals surface area contributed by atoms with Gasteiger partial charge in [0.25, 0.3) is 0 Å². The van der Waals surface area contributed by atoms with E-state index in [4.69, 9.17) is 11.0 Å². The Morgan fingerprint density at radius 2 is 2.21 bits per heavy atom. The summed E-state index contributed by atoms with van der Waals surface area (Å²) in [6.07, 6.45) is 9.44. The fourth-order valence-electron chi connectivity index (χ4n) is 3.38. The Hall–Kier alpha value is -2.95. The average molecular weight is 326 g/mol. The highest BCUT2D eigenvalue weighted by molar-refractivity contribution is 5.98. The van der Waals surface area contributed by atoms with E-state index in [1.165, 1.54) is 19.2 Å². The molecule has 1 aliphatic carbocycles. The molecule has 3 rings (SSSR count). The molecule has 0 saturated heterocycles. The first-order chi connectivity index (χ1) is 11.6. The molecule has 0 unspecified atom stereocenters. The lowest BCUT2D eigenvalue weighted by atomic mass is 9.96. The zero-order valence-corrected chi connectivity index (χ0v) is 13.1. The van der Waals surface area contributed by atoms with Gasteiger partial charge in [0, 0.05) is 11.8 Å². The molecule has 1 fully saturated rings. The van der Waals surface area contributed by atoms with Crippen molar-refractivity contribution in [3.8, 4) is 17.3 Å². The van der Waals surface area contributed by atoms with E-state index in [0.29, 0.717) is 17.9 Å². The van der Waals surface area contributed by atoms with Crippen molar-refractivity contribution in [2.75, 3.05) is 5.73 Å². The van der Waals surface area contributed by atoms with E-state index in [1.54, 1.807) is 17.1 Å². The third-order valence-electron chi connectivity index (χ3n) is 4.55. The Balaban J connectivity index is 1.97. The Bertz CT molecular complexity index is 788. The summed E-state index contributed by atoms with van der Waals surface area (Å²) in [6.45, 7) is 0. The maximum absolute atomic E-state index is 11.4. The first-order valence-corrected chi connectivity index (χ1v) is 7.87. The predicted molar refractivity (Wildman–Crippen MR) is 85.8 cm³/mol. The number of nitrogen functional groups attached to an aromatic ring is 1. The van der Waals surface area contributed by atoms with Gasteiger partial charge in [0.15, 0.2) is 0 Å². The van der Waals surface area contributed by atoms with E-state index < -0.39 is 5.97 Å². The van der Waals surface area contributed by atoms with Crippen LogP contribution >= 0.6 is 0 Å². The zero-order chi connectivity index (χ0) is 17.1. The van der Waals surface area contributed by atoms with Crippen molar-refractivity contribution in [3.63, 3.8) is 0 Å². The summed E-state index contributed by atoms with van der Waals surface area (Å²) < 4.78 is 1.76. The predicted octanol–water partition coefficient (Wildman–Crippen LogP) is 2.27. The van der Waals surface area contributed by atoms with Gasteiger partial charge < -0.3 is 10.8 Å². The van der Waals surface area contributed by atoms with Crippen molar-refractivity contribution < 1.29 is 9.90 Å². The Morgan fingerprint density at radius 3 is 2.88 bits per heavy atom. The number of carbonyl (C=O) groups is 1. The van der Waals surface area contributed by atoms with Crippen molar-refractivity contribution in [1.82, 2.24) is 19.7 Å². The summed E-state index contributed by atoms with van der Waals surface area (Å²) >= 11 is 0. The standard InChI is InChI=1S/C16H18N6O2/c17-6-5-12(10-3-1-2-4-10)22-8-11(7-21-22)14-13(16(23)24)15(18)20-9-19-14/h7-10,12H,1-5H2,(H,23,24)(H2,18,19,20)/t12-/m1/s1. The van der Waals surface area contributed by atoms with E-state index in [2.05, 4.69) is 21.1 Å². The molecule has 124 valence electrons. The van der Waals surface area contributed by atoms with E-state index in [9.17, 15) is 9.90 Å². The van der Waals surface area contributed by atoms with Crippen LogP contribution in [0.3, 0.4) is 0 Å². The summed E-state index contributed by atoms with van der Waals surface area (Å²) in [5.41, 5.74) is 6.34. The van der Waals surface area contributed by atoms with Gasteiger partial charge in [-0.15, -0.1) is 0 Å². The molecule has 24 heavy (non-hydrogen) atoms. The second-order valence-electron chi connectivity index (χ2n) is 5.97. The van der Waals surface area contributed by atoms with Crippen LogP contribution in [0.4, 0.5) is 5.82 Å². The van der Waals surface area contributed by atoms with Gasteiger partial charge in [0.1, 0.15) is 17.7 Å². The topological polar surface area (TPSA) is 131 Å². The minimum atomic E-state index is -1.18. The van der Waals surface area contributed by atoms with Crippen molar-refractivity contribution >= 4 is 11.8 Å². The van der Waals surface area contributed by atoms with Crippen molar-refractivity contribution in [2.24, 2.45) is 5.92 Å². The third-order valence-corrected chi connectivity index (χ3v) is 4.55. The highest BCUT2D eigenvalue weighted by atomic mass is 16.4. The molecule has 3 N–H and O–H groups in total. The van der Waals surface area contributed by atoms with Crippen molar-refractivity contribution in [2.45, 2.75) is 38.1 Å². The molecule has 2 heterocycles. The molecule has 1 aliphatic rings. The number of nitrogens with two attached hydrogens (primary N) is 1. The van der Waals surface area contributed by atoms with Gasteiger partial charge in [-0.1, -0.05) is 12.8 Å². The lowest BCUT2D eigenvalue weighted by Crippen LogP contribution is -2.17. The van der Waals surface area contributed by atoms with E-state index in [0.717, 1.165) is 12.8 Å². The summed E-state index contributed by atoms with van der Waals surface area (Å²) in [4.78, 5) is 19.2. The second-order valence-corrected chi connectivity index (χ2v) is 5.97. The van der Waals surface area contributed by atoms with E-state index in [1.807, 2.05) is 0 Å². The fraction of sp³-hybridized carbons (Fsp3) is 0.438. The van der Waals surface area contributed by atoms with Gasteiger partial charge in [0.05, 0.1) is 30.4 Å². The number of carboxylic acid groups (broad SMARTS) is 1.